The number of carbonyl (C=O) groups is 1. The molecule has 2 heterocycles. The van der Waals surface area contributed by atoms with Crippen molar-refractivity contribution in [3.8, 4) is 11.8 Å². The highest BCUT2D eigenvalue weighted by Gasteiger charge is 2.26. The maximum absolute atomic E-state index is 12.3. The van der Waals surface area contributed by atoms with Gasteiger partial charge in [0.05, 0.1) is 5.92 Å². The van der Waals surface area contributed by atoms with E-state index in [4.69, 9.17) is 0 Å². The number of rotatable bonds is 5. The molecule has 3 rings (SSSR count). The van der Waals surface area contributed by atoms with Crippen LogP contribution < -0.4 is 5.32 Å². The van der Waals surface area contributed by atoms with Crippen LogP contribution in [-0.2, 0) is 4.79 Å². The SMILES string of the molecule is C=Cc1cc(C#CCCCN2CCC(C)CC2)ccc1C1CCC(=C)NC1=O. The molecule has 3 heteroatoms. The largest absolute Gasteiger partial charge is 0.330 e. The maximum atomic E-state index is 12.3. The minimum Gasteiger partial charge on any atom is -0.330 e. The molecule has 2 aliphatic rings. The van der Waals surface area contributed by atoms with Crippen LogP contribution >= 0.6 is 0 Å². The van der Waals surface area contributed by atoms with Crippen molar-refractivity contribution in [1.82, 2.24) is 10.2 Å². The van der Waals surface area contributed by atoms with E-state index in [0.29, 0.717) is 0 Å². The molecule has 2 fully saturated rings. The van der Waals surface area contributed by atoms with Crippen molar-refractivity contribution >= 4 is 12.0 Å². The van der Waals surface area contributed by atoms with Gasteiger partial charge in [0.1, 0.15) is 0 Å². The van der Waals surface area contributed by atoms with Gasteiger partial charge in [-0.05, 0) is 80.9 Å². The minimum atomic E-state index is -0.132. The molecule has 1 amide bonds. The Labute approximate surface area is 169 Å². The molecular formula is C25H32N2O. The Balaban J connectivity index is 1.55. The zero-order chi connectivity index (χ0) is 19.9. The summed E-state index contributed by atoms with van der Waals surface area (Å²) in [7, 11) is 0. The van der Waals surface area contributed by atoms with E-state index in [9.17, 15) is 4.79 Å². The number of hydrogen-bond donors (Lipinski definition) is 1. The summed E-state index contributed by atoms with van der Waals surface area (Å²) in [5.74, 6) is 7.38. The van der Waals surface area contributed by atoms with Crippen LogP contribution in [0.25, 0.3) is 6.08 Å². The number of carbonyl (C=O) groups excluding carboxylic acids is 1. The van der Waals surface area contributed by atoms with E-state index in [1.807, 2.05) is 18.2 Å². The lowest BCUT2D eigenvalue weighted by atomic mass is 9.86. The van der Waals surface area contributed by atoms with Crippen molar-refractivity contribution in [2.45, 2.75) is 51.4 Å². The number of benzene rings is 1. The monoisotopic (exact) mass is 376 g/mol. The zero-order valence-corrected chi connectivity index (χ0v) is 17.1. The smallest absolute Gasteiger partial charge is 0.231 e. The molecule has 2 aliphatic heterocycles. The Hall–Kier alpha value is -2.31. The van der Waals surface area contributed by atoms with Gasteiger partial charge in [-0.3, -0.25) is 4.79 Å². The molecule has 1 atom stereocenters. The van der Waals surface area contributed by atoms with Gasteiger partial charge < -0.3 is 10.2 Å². The standard InChI is InChI=1S/C25H32N2O/c1-4-22-18-21(8-6-5-7-15-27-16-13-19(2)14-17-27)10-12-23(22)24-11-9-20(3)26-25(24)28/h4,10,12,18-19,24H,1,3,5,7,9,11,13-17H2,2H3,(H,26,28). The van der Waals surface area contributed by atoms with Crippen molar-refractivity contribution in [3.63, 3.8) is 0 Å². The number of allylic oxidation sites excluding steroid dienone is 1. The summed E-state index contributed by atoms with van der Waals surface area (Å²) < 4.78 is 0. The first kappa shape index (κ1) is 20.4. The highest BCUT2D eigenvalue weighted by atomic mass is 16.2. The topological polar surface area (TPSA) is 32.3 Å². The van der Waals surface area contributed by atoms with Crippen LogP contribution in [0, 0.1) is 17.8 Å². The lowest BCUT2D eigenvalue weighted by Crippen LogP contribution is -2.33. The van der Waals surface area contributed by atoms with Crippen molar-refractivity contribution in [3.05, 3.63) is 53.7 Å². The van der Waals surface area contributed by atoms with E-state index in [0.717, 1.165) is 60.5 Å². The molecule has 1 N–H and O–H groups in total. The summed E-state index contributed by atoms with van der Waals surface area (Å²) in [6, 6.07) is 6.12. The molecule has 0 bridgehead atoms. The van der Waals surface area contributed by atoms with Gasteiger partial charge in [-0.1, -0.05) is 44.1 Å². The van der Waals surface area contributed by atoms with Gasteiger partial charge in [-0.15, -0.1) is 0 Å². The molecule has 148 valence electrons. The van der Waals surface area contributed by atoms with Gasteiger partial charge in [-0.25, -0.2) is 0 Å². The molecule has 0 spiro atoms. The van der Waals surface area contributed by atoms with Gasteiger partial charge >= 0.3 is 0 Å². The Kier molecular flexibility index (Phi) is 7.12. The third-order valence-electron chi connectivity index (χ3n) is 5.92. The quantitative estimate of drug-likeness (QED) is 0.597. The summed E-state index contributed by atoms with van der Waals surface area (Å²) in [6.07, 6.45) is 8.15. The van der Waals surface area contributed by atoms with E-state index in [2.05, 4.69) is 48.2 Å². The first-order chi connectivity index (χ1) is 13.6. The van der Waals surface area contributed by atoms with Gasteiger partial charge in [0.15, 0.2) is 0 Å². The number of hydrogen-bond acceptors (Lipinski definition) is 2. The van der Waals surface area contributed by atoms with Crippen molar-refractivity contribution in [2.75, 3.05) is 19.6 Å². The lowest BCUT2D eigenvalue weighted by molar-refractivity contribution is -0.122. The van der Waals surface area contributed by atoms with E-state index < -0.39 is 0 Å². The number of nitrogens with one attached hydrogen (secondary N) is 1. The fraction of sp³-hybridized carbons (Fsp3) is 0.480. The minimum absolute atomic E-state index is 0.0327. The first-order valence-corrected chi connectivity index (χ1v) is 10.5. The molecule has 0 radical (unpaired) electrons. The molecule has 0 aromatic heterocycles. The summed E-state index contributed by atoms with van der Waals surface area (Å²) in [4.78, 5) is 14.9. The number of likely N-dealkylation sites (tertiary alicyclic amines) is 1. The molecule has 3 nitrogen and oxygen atoms in total. The zero-order valence-electron chi connectivity index (χ0n) is 17.1. The second-order valence-corrected chi connectivity index (χ2v) is 8.16. The van der Waals surface area contributed by atoms with Crippen molar-refractivity contribution in [2.24, 2.45) is 5.92 Å². The van der Waals surface area contributed by atoms with Gasteiger partial charge in [0, 0.05) is 17.7 Å². The molecule has 2 saturated heterocycles. The Morgan fingerprint density at radius 2 is 2.07 bits per heavy atom. The maximum Gasteiger partial charge on any atom is 0.231 e. The second-order valence-electron chi connectivity index (χ2n) is 8.16. The third kappa shape index (κ3) is 5.36. The van der Waals surface area contributed by atoms with Crippen LogP contribution in [0.1, 0.15) is 68.1 Å². The molecule has 1 aromatic rings. The molecule has 0 saturated carbocycles. The molecule has 1 aromatic carbocycles. The highest BCUT2D eigenvalue weighted by Crippen LogP contribution is 2.30. The van der Waals surface area contributed by atoms with Crippen LogP contribution in [0.3, 0.4) is 0 Å². The molecule has 1 unspecified atom stereocenters. The van der Waals surface area contributed by atoms with Crippen molar-refractivity contribution < 1.29 is 4.79 Å². The first-order valence-electron chi connectivity index (χ1n) is 10.5. The summed E-state index contributed by atoms with van der Waals surface area (Å²) in [5, 5.41) is 2.87. The van der Waals surface area contributed by atoms with E-state index in [1.54, 1.807) is 0 Å². The average Bonchev–Trinajstić information content (AvgIpc) is 2.69. The highest BCUT2D eigenvalue weighted by molar-refractivity contribution is 5.87. The number of nitrogens with zero attached hydrogens (tertiary/aromatic N) is 1. The van der Waals surface area contributed by atoms with Gasteiger partial charge in [0.2, 0.25) is 5.91 Å². The Bertz CT molecular complexity index is 791. The second kappa shape index (κ2) is 9.75. The number of unbranched alkanes of at least 4 members (excludes halogenated alkanes) is 1. The van der Waals surface area contributed by atoms with Crippen LogP contribution in [0.4, 0.5) is 0 Å². The van der Waals surface area contributed by atoms with Gasteiger partial charge in [-0.2, -0.15) is 0 Å². The van der Waals surface area contributed by atoms with Crippen LogP contribution in [0.15, 0.2) is 37.1 Å². The molecular weight excluding hydrogens is 344 g/mol. The summed E-state index contributed by atoms with van der Waals surface area (Å²) >= 11 is 0. The van der Waals surface area contributed by atoms with Crippen LogP contribution in [0.2, 0.25) is 0 Å². The molecule has 28 heavy (non-hydrogen) atoms. The van der Waals surface area contributed by atoms with Crippen molar-refractivity contribution in [1.29, 1.82) is 0 Å². The Morgan fingerprint density at radius 3 is 2.79 bits per heavy atom. The predicted molar refractivity (Wildman–Crippen MR) is 117 cm³/mol. The van der Waals surface area contributed by atoms with Crippen LogP contribution in [-0.4, -0.2) is 30.4 Å². The Morgan fingerprint density at radius 1 is 1.29 bits per heavy atom. The average molecular weight is 377 g/mol. The number of amides is 1. The van der Waals surface area contributed by atoms with Gasteiger partial charge in [0.25, 0.3) is 0 Å². The normalized spacial score (nSPS) is 21.0. The summed E-state index contributed by atoms with van der Waals surface area (Å²) in [5.41, 5.74) is 3.83. The van der Waals surface area contributed by atoms with E-state index in [1.165, 1.54) is 25.9 Å². The van der Waals surface area contributed by atoms with E-state index >= 15 is 0 Å². The fourth-order valence-corrected chi connectivity index (χ4v) is 4.06. The summed E-state index contributed by atoms with van der Waals surface area (Å²) in [6.45, 7) is 13.8. The fourth-order valence-electron chi connectivity index (χ4n) is 4.06. The third-order valence-corrected chi connectivity index (χ3v) is 5.92. The van der Waals surface area contributed by atoms with E-state index in [-0.39, 0.29) is 11.8 Å². The van der Waals surface area contributed by atoms with Crippen LogP contribution in [0.5, 0.6) is 0 Å². The number of piperidine rings is 2. The molecule has 0 aliphatic carbocycles. The predicted octanol–water partition coefficient (Wildman–Crippen LogP) is 4.70. The lowest BCUT2D eigenvalue weighted by Gasteiger charge is -2.29.